The van der Waals surface area contributed by atoms with Crippen molar-refractivity contribution < 1.29 is 14.3 Å². The monoisotopic (exact) mass is 347 g/mol. The van der Waals surface area contributed by atoms with Crippen LogP contribution in [0, 0.1) is 6.92 Å². The quantitative estimate of drug-likeness (QED) is 0.734. The van der Waals surface area contributed by atoms with Crippen molar-refractivity contribution in [3.63, 3.8) is 0 Å². The number of benzene rings is 2. The van der Waals surface area contributed by atoms with Crippen LogP contribution in [0.1, 0.15) is 18.9 Å². The first-order valence-corrected chi connectivity index (χ1v) is 8.37. The molecule has 5 heteroatoms. The van der Waals surface area contributed by atoms with E-state index in [0.717, 1.165) is 11.3 Å². The van der Waals surface area contributed by atoms with Gasteiger partial charge in [0, 0.05) is 0 Å². The van der Waals surface area contributed by atoms with Gasteiger partial charge in [-0.25, -0.2) is 0 Å². The van der Waals surface area contributed by atoms with Crippen molar-refractivity contribution in [3.8, 4) is 11.5 Å². The number of carbonyl (C=O) groups is 1. The van der Waals surface area contributed by atoms with E-state index in [1.54, 1.807) is 12.1 Å². The molecule has 0 saturated heterocycles. The molecule has 4 nitrogen and oxygen atoms in total. The van der Waals surface area contributed by atoms with Gasteiger partial charge in [0.1, 0.15) is 18.1 Å². The lowest BCUT2D eigenvalue weighted by atomic mass is 10.2. The van der Waals surface area contributed by atoms with Crippen molar-refractivity contribution in [1.29, 1.82) is 0 Å². The average Bonchev–Trinajstić information content (AvgIpc) is 2.59. The summed E-state index contributed by atoms with van der Waals surface area (Å²) in [5.41, 5.74) is 1.07. The van der Waals surface area contributed by atoms with Gasteiger partial charge in [0.25, 0.3) is 5.91 Å². The third kappa shape index (κ3) is 5.17. The Labute approximate surface area is 147 Å². The summed E-state index contributed by atoms with van der Waals surface area (Å²) in [4.78, 5) is 12.2. The molecule has 0 saturated carbocycles. The molecule has 0 aliphatic rings. The highest BCUT2D eigenvalue weighted by Gasteiger charge is 2.18. The Kier molecular flexibility index (Phi) is 6.94. The molecule has 0 spiro atoms. The number of nitrogens with one attached hydrogen (secondary N) is 1. The number of aryl methyl sites for hydroxylation is 1. The van der Waals surface area contributed by atoms with Gasteiger partial charge in [-0.2, -0.15) is 0 Å². The summed E-state index contributed by atoms with van der Waals surface area (Å²) < 4.78 is 11.4. The fourth-order valence-electron chi connectivity index (χ4n) is 2.18. The largest absolute Gasteiger partial charge is 0.491 e. The van der Waals surface area contributed by atoms with E-state index in [-0.39, 0.29) is 5.91 Å². The zero-order chi connectivity index (χ0) is 17.4. The van der Waals surface area contributed by atoms with Crippen molar-refractivity contribution >= 4 is 17.5 Å². The van der Waals surface area contributed by atoms with Crippen LogP contribution in [0.15, 0.2) is 48.5 Å². The molecule has 0 radical (unpaired) electrons. The van der Waals surface area contributed by atoms with Gasteiger partial charge >= 0.3 is 0 Å². The second-order valence-corrected chi connectivity index (χ2v) is 5.76. The van der Waals surface area contributed by atoms with Gasteiger partial charge in [-0.15, -0.1) is 0 Å². The second kappa shape index (κ2) is 9.18. The van der Waals surface area contributed by atoms with Crippen LogP contribution in [0.5, 0.6) is 11.5 Å². The molecule has 1 atom stereocenters. The number of hydrogen-bond donors (Lipinski definition) is 1. The topological polar surface area (TPSA) is 47.6 Å². The van der Waals surface area contributed by atoms with Crippen molar-refractivity contribution in [3.05, 3.63) is 59.1 Å². The molecule has 2 aromatic carbocycles. The highest BCUT2D eigenvalue weighted by atomic mass is 35.5. The van der Waals surface area contributed by atoms with E-state index in [1.807, 2.05) is 50.2 Å². The highest BCUT2D eigenvalue weighted by Crippen LogP contribution is 2.24. The molecule has 0 fully saturated rings. The Morgan fingerprint density at radius 2 is 1.79 bits per heavy atom. The smallest absolute Gasteiger partial charge is 0.261 e. The number of hydrogen-bond acceptors (Lipinski definition) is 3. The normalized spacial score (nSPS) is 11.6. The van der Waals surface area contributed by atoms with Crippen molar-refractivity contribution in [2.45, 2.75) is 26.4 Å². The van der Waals surface area contributed by atoms with Crippen LogP contribution >= 0.6 is 11.6 Å². The van der Waals surface area contributed by atoms with Gasteiger partial charge in [0.2, 0.25) is 0 Å². The second-order valence-electron chi connectivity index (χ2n) is 5.35. The summed E-state index contributed by atoms with van der Waals surface area (Å²) >= 11 is 6.06. The molecule has 1 amide bonds. The Balaban J connectivity index is 1.80. The summed E-state index contributed by atoms with van der Waals surface area (Å²) in [6, 6.07) is 14.9. The minimum Gasteiger partial charge on any atom is -0.491 e. The molecular formula is C19H22ClNO3. The number of amides is 1. The first-order valence-electron chi connectivity index (χ1n) is 7.99. The lowest BCUT2D eigenvalue weighted by Gasteiger charge is -2.18. The van der Waals surface area contributed by atoms with E-state index in [0.29, 0.717) is 30.3 Å². The van der Waals surface area contributed by atoms with Crippen LogP contribution < -0.4 is 14.8 Å². The molecule has 2 aromatic rings. The molecule has 0 aliphatic carbocycles. The molecule has 1 N–H and O–H groups in total. The lowest BCUT2D eigenvalue weighted by molar-refractivity contribution is -0.128. The molecule has 0 aromatic heterocycles. The maximum atomic E-state index is 12.2. The number of ether oxygens (including phenoxy) is 2. The van der Waals surface area contributed by atoms with Crippen LogP contribution in [0.4, 0.5) is 0 Å². The van der Waals surface area contributed by atoms with Crippen LogP contribution in [-0.4, -0.2) is 25.2 Å². The molecular weight excluding hydrogens is 326 g/mol. The Bertz CT molecular complexity index is 675. The molecule has 0 unspecified atom stereocenters. The van der Waals surface area contributed by atoms with E-state index >= 15 is 0 Å². The summed E-state index contributed by atoms with van der Waals surface area (Å²) in [6.07, 6.45) is -0.0289. The first kappa shape index (κ1) is 18.1. The molecule has 128 valence electrons. The van der Waals surface area contributed by atoms with E-state index in [2.05, 4.69) is 5.32 Å². The van der Waals surface area contributed by atoms with Crippen LogP contribution in [0.3, 0.4) is 0 Å². The SMILES string of the molecule is CC[C@@H](Oc1ccccc1Cl)C(=O)NCCOc1ccccc1C. The zero-order valence-corrected chi connectivity index (χ0v) is 14.7. The predicted molar refractivity (Wildman–Crippen MR) is 95.8 cm³/mol. The molecule has 0 bridgehead atoms. The Hall–Kier alpha value is -2.20. The molecule has 2 rings (SSSR count). The number of rotatable bonds is 8. The van der Waals surface area contributed by atoms with Crippen molar-refractivity contribution in [1.82, 2.24) is 5.32 Å². The van der Waals surface area contributed by atoms with E-state index in [1.165, 1.54) is 0 Å². The molecule has 0 heterocycles. The maximum Gasteiger partial charge on any atom is 0.261 e. The maximum absolute atomic E-state index is 12.2. The number of para-hydroxylation sites is 2. The summed E-state index contributed by atoms with van der Waals surface area (Å²) in [6.45, 7) is 4.69. The number of halogens is 1. The fourth-order valence-corrected chi connectivity index (χ4v) is 2.36. The summed E-state index contributed by atoms with van der Waals surface area (Å²) in [7, 11) is 0. The van der Waals surface area contributed by atoms with Gasteiger partial charge in [-0.05, 0) is 37.1 Å². The fraction of sp³-hybridized carbons (Fsp3) is 0.316. The van der Waals surface area contributed by atoms with Gasteiger partial charge in [-0.3, -0.25) is 4.79 Å². The minimum absolute atomic E-state index is 0.175. The summed E-state index contributed by atoms with van der Waals surface area (Å²) in [5, 5.41) is 3.32. The Morgan fingerprint density at radius 1 is 1.12 bits per heavy atom. The standard InChI is InChI=1S/C19H22ClNO3/c1-3-16(24-18-11-7-5-9-15(18)20)19(22)21-12-13-23-17-10-6-4-8-14(17)2/h4-11,16H,3,12-13H2,1-2H3,(H,21,22)/t16-/m1/s1. The zero-order valence-electron chi connectivity index (χ0n) is 13.9. The lowest BCUT2D eigenvalue weighted by Crippen LogP contribution is -2.39. The first-order chi connectivity index (χ1) is 11.6. The average molecular weight is 348 g/mol. The van der Waals surface area contributed by atoms with Crippen LogP contribution in [0.2, 0.25) is 5.02 Å². The third-order valence-electron chi connectivity index (χ3n) is 3.52. The van der Waals surface area contributed by atoms with Crippen molar-refractivity contribution in [2.24, 2.45) is 0 Å². The summed E-state index contributed by atoms with van der Waals surface area (Å²) in [5.74, 6) is 1.16. The van der Waals surface area contributed by atoms with Gasteiger partial charge < -0.3 is 14.8 Å². The van der Waals surface area contributed by atoms with E-state index in [4.69, 9.17) is 21.1 Å². The molecule has 0 aliphatic heterocycles. The predicted octanol–water partition coefficient (Wildman–Crippen LogP) is 4.00. The van der Waals surface area contributed by atoms with Crippen LogP contribution in [0.25, 0.3) is 0 Å². The van der Waals surface area contributed by atoms with Crippen LogP contribution in [-0.2, 0) is 4.79 Å². The number of carbonyl (C=O) groups excluding carboxylic acids is 1. The van der Waals surface area contributed by atoms with E-state index in [9.17, 15) is 4.79 Å². The van der Waals surface area contributed by atoms with E-state index < -0.39 is 6.10 Å². The minimum atomic E-state index is -0.580. The highest BCUT2D eigenvalue weighted by molar-refractivity contribution is 6.32. The van der Waals surface area contributed by atoms with Gasteiger partial charge in [-0.1, -0.05) is 48.9 Å². The Morgan fingerprint density at radius 3 is 2.46 bits per heavy atom. The van der Waals surface area contributed by atoms with Gasteiger partial charge in [0.05, 0.1) is 11.6 Å². The van der Waals surface area contributed by atoms with Crippen molar-refractivity contribution in [2.75, 3.05) is 13.2 Å². The van der Waals surface area contributed by atoms with Gasteiger partial charge in [0.15, 0.2) is 6.10 Å². The molecule has 24 heavy (non-hydrogen) atoms. The third-order valence-corrected chi connectivity index (χ3v) is 3.83.